The van der Waals surface area contributed by atoms with E-state index in [0.717, 1.165) is 6.20 Å². The average molecular weight is 293 g/mol. The zero-order valence-electron chi connectivity index (χ0n) is 7.60. The second kappa shape index (κ2) is 3.82. The third-order valence-corrected chi connectivity index (χ3v) is 2.71. The number of nitrogens with zero attached hydrogens (tertiary/aromatic N) is 1. The summed E-state index contributed by atoms with van der Waals surface area (Å²) in [6, 6.07) is 0.551. The summed E-state index contributed by atoms with van der Waals surface area (Å²) < 4.78 is 44.0. The standard InChI is InChI=1S/C9H4BrF3N2O/c10-7-5(12)1-4(11)6(8(7)13)3-2-15-16-9(3)14/h1-2H,14H2. The van der Waals surface area contributed by atoms with Crippen LogP contribution in [0.4, 0.5) is 19.1 Å². The molecule has 0 saturated carbocycles. The summed E-state index contributed by atoms with van der Waals surface area (Å²) in [5, 5.41) is 3.29. The first-order valence-electron chi connectivity index (χ1n) is 4.06. The van der Waals surface area contributed by atoms with E-state index < -0.39 is 27.5 Å². The number of nitrogen functional groups attached to an aromatic ring is 1. The molecule has 1 aromatic heterocycles. The fraction of sp³-hybridized carbons (Fsp3) is 0. The minimum absolute atomic E-state index is 0.0595. The highest BCUT2D eigenvalue weighted by Crippen LogP contribution is 2.35. The Balaban J connectivity index is 2.76. The maximum Gasteiger partial charge on any atom is 0.230 e. The molecular formula is C9H4BrF3N2O. The van der Waals surface area contributed by atoms with Gasteiger partial charge >= 0.3 is 0 Å². The van der Waals surface area contributed by atoms with Crippen molar-refractivity contribution in [2.75, 3.05) is 5.73 Å². The fourth-order valence-electron chi connectivity index (χ4n) is 1.25. The first-order chi connectivity index (χ1) is 7.52. The van der Waals surface area contributed by atoms with Gasteiger partial charge in [-0.3, -0.25) is 0 Å². The summed E-state index contributed by atoms with van der Waals surface area (Å²) in [6.07, 6.45) is 1.06. The number of anilines is 1. The highest BCUT2D eigenvalue weighted by atomic mass is 79.9. The lowest BCUT2D eigenvalue weighted by Gasteiger charge is -2.05. The molecule has 1 heterocycles. The van der Waals surface area contributed by atoms with Crippen LogP contribution in [0, 0.1) is 17.5 Å². The molecule has 0 saturated heterocycles. The van der Waals surface area contributed by atoms with Crippen molar-refractivity contribution >= 4 is 21.8 Å². The molecule has 84 valence electrons. The lowest BCUT2D eigenvalue weighted by Crippen LogP contribution is -1.96. The molecule has 0 aliphatic heterocycles. The van der Waals surface area contributed by atoms with Crippen molar-refractivity contribution in [2.45, 2.75) is 0 Å². The van der Waals surface area contributed by atoms with Crippen molar-refractivity contribution in [3.63, 3.8) is 0 Å². The van der Waals surface area contributed by atoms with Gasteiger partial charge in [-0.15, -0.1) is 0 Å². The summed E-state index contributed by atoms with van der Waals surface area (Å²) in [6.45, 7) is 0. The third kappa shape index (κ3) is 1.57. The number of halogens is 4. The van der Waals surface area contributed by atoms with Crippen molar-refractivity contribution in [3.8, 4) is 11.1 Å². The van der Waals surface area contributed by atoms with Crippen molar-refractivity contribution in [3.05, 3.63) is 34.2 Å². The Morgan fingerprint density at radius 1 is 1.25 bits per heavy atom. The smallest absolute Gasteiger partial charge is 0.230 e. The number of hydrogen-bond acceptors (Lipinski definition) is 3. The normalized spacial score (nSPS) is 10.8. The van der Waals surface area contributed by atoms with Gasteiger partial charge in [0.15, 0.2) is 5.82 Å². The quantitative estimate of drug-likeness (QED) is 0.649. The van der Waals surface area contributed by atoms with Crippen LogP contribution >= 0.6 is 15.9 Å². The molecule has 0 atom stereocenters. The molecule has 0 aliphatic carbocycles. The maximum atomic E-state index is 13.6. The Labute approximate surface area is 96.2 Å². The fourth-order valence-corrected chi connectivity index (χ4v) is 1.56. The average Bonchev–Trinajstić information content (AvgIpc) is 2.62. The van der Waals surface area contributed by atoms with Crippen LogP contribution in [0.1, 0.15) is 0 Å². The first kappa shape index (κ1) is 11.0. The zero-order chi connectivity index (χ0) is 11.9. The van der Waals surface area contributed by atoms with Crippen molar-refractivity contribution in [1.82, 2.24) is 5.16 Å². The van der Waals surface area contributed by atoms with E-state index in [1.807, 2.05) is 0 Å². The summed E-state index contributed by atoms with van der Waals surface area (Å²) >= 11 is 2.67. The SMILES string of the molecule is Nc1oncc1-c1c(F)cc(F)c(Br)c1F. The van der Waals surface area contributed by atoms with Crippen LogP contribution in [0.5, 0.6) is 0 Å². The van der Waals surface area contributed by atoms with Crippen molar-refractivity contribution in [2.24, 2.45) is 0 Å². The minimum Gasteiger partial charge on any atom is -0.367 e. The minimum atomic E-state index is -1.09. The summed E-state index contributed by atoms with van der Waals surface area (Å²) in [7, 11) is 0. The first-order valence-corrected chi connectivity index (χ1v) is 4.85. The van der Waals surface area contributed by atoms with Gasteiger partial charge < -0.3 is 10.3 Å². The van der Waals surface area contributed by atoms with Gasteiger partial charge in [-0.25, -0.2) is 13.2 Å². The number of nitrogens with two attached hydrogens (primary N) is 1. The van der Waals surface area contributed by atoms with Crippen molar-refractivity contribution < 1.29 is 17.7 Å². The maximum absolute atomic E-state index is 13.6. The number of hydrogen-bond donors (Lipinski definition) is 1. The Hall–Kier alpha value is -1.50. The van der Waals surface area contributed by atoms with Gasteiger partial charge in [-0.2, -0.15) is 0 Å². The summed E-state index contributed by atoms with van der Waals surface area (Å²) in [4.78, 5) is 0. The molecule has 2 aromatic rings. The topological polar surface area (TPSA) is 52.0 Å². The molecule has 3 nitrogen and oxygen atoms in total. The van der Waals surface area contributed by atoms with E-state index in [4.69, 9.17) is 5.73 Å². The third-order valence-electron chi connectivity index (χ3n) is 1.98. The van der Waals surface area contributed by atoms with Crippen LogP contribution in [-0.2, 0) is 0 Å². The molecule has 0 radical (unpaired) electrons. The van der Waals surface area contributed by atoms with Crippen molar-refractivity contribution in [1.29, 1.82) is 0 Å². The summed E-state index contributed by atoms with van der Waals surface area (Å²) in [5.74, 6) is -3.44. The molecule has 0 bridgehead atoms. The van der Waals surface area contributed by atoms with Gasteiger partial charge in [-0.05, 0) is 15.9 Å². The van der Waals surface area contributed by atoms with E-state index in [1.165, 1.54) is 0 Å². The van der Waals surface area contributed by atoms with Crippen LogP contribution < -0.4 is 5.73 Å². The Bertz CT molecular complexity index is 556. The molecular weight excluding hydrogens is 289 g/mol. The van der Waals surface area contributed by atoms with Crippen LogP contribution in [0.3, 0.4) is 0 Å². The van der Waals surface area contributed by atoms with Crippen LogP contribution in [0.25, 0.3) is 11.1 Å². The molecule has 0 unspecified atom stereocenters. The summed E-state index contributed by atoms with van der Waals surface area (Å²) in [5.41, 5.74) is 4.79. The van der Waals surface area contributed by atoms with E-state index in [0.29, 0.717) is 6.07 Å². The molecule has 0 amide bonds. The van der Waals surface area contributed by atoms with Gasteiger partial charge in [0.25, 0.3) is 0 Å². The Morgan fingerprint density at radius 3 is 2.50 bits per heavy atom. The predicted molar refractivity (Wildman–Crippen MR) is 53.9 cm³/mol. The van der Waals surface area contributed by atoms with Gasteiger partial charge in [0.2, 0.25) is 5.88 Å². The molecule has 7 heteroatoms. The Kier molecular flexibility index (Phi) is 2.63. The molecule has 16 heavy (non-hydrogen) atoms. The highest BCUT2D eigenvalue weighted by Gasteiger charge is 2.22. The molecule has 2 rings (SSSR count). The van der Waals surface area contributed by atoms with E-state index in [1.54, 1.807) is 0 Å². The lowest BCUT2D eigenvalue weighted by atomic mass is 10.1. The van der Waals surface area contributed by atoms with E-state index in [9.17, 15) is 13.2 Å². The molecule has 2 N–H and O–H groups in total. The zero-order valence-corrected chi connectivity index (χ0v) is 9.19. The molecule has 1 aromatic carbocycles. The number of benzene rings is 1. The molecule has 0 spiro atoms. The number of aromatic nitrogens is 1. The van der Waals surface area contributed by atoms with E-state index in [2.05, 4.69) is 25.6 Å². The molecule has 0 aliphatic rings. The van der Waals surface area contributed by atoms with Gasteiger partial charge in [-0.1, -0.05) is 5.16 Å². The molecule has 0 fully saturated rings. The van der Waals surface area contributed by atoms with E-state index in [-0.39, 0.29) is 11.4 Å². The Morgan fingerprint density at radius 2 is 1.94 bits per heavy atom. The van der Waals surface area contributed by atoms with Gasteiger partial charge in [0, 0.05) is 6.07 Å². The highest BCUT2D eigenvalue weighted by molar-refractivity contribution is 9.10. The van der Waals surface area contributed by atoms with Crippen LogP contribution in [-0.4, -0.2) is 5.16 Å². The second-order valence-electron chi connectivity index (χ2n) is 2.95. The largest absolute Gasteiger partial charge is 0.367 e. The second-order valence-corrected chi connectivity index (χ2v) is 3.74. The van der Waals surface area contributed by atoms with Gasteiger partial charge in [0.1, 0.15) is 11.6 Å². The van der Waals surface area contributed by atoms with E-state index >= 15 is 0 Å². The van der Waals surface area contributed by atoms with Crippen LogP contribution in [0.2, 0.25) is 0 Å². The lowest BCUT2D eigenvalue weighted by molar-refractivity contribution is 0.436. The van der Waals surface area contributed by atoms with Crippen LogP contribution in [0.15, 0.2) is 21.3 Å². The number of rotatable bonds is 1. The predicted octanol–water partition coefficient (Wildman–Crippen LogP) is 3.10. The monoisotopic (exact) mass is 292 g/mol. The van der Waals surface area contributed by atoms with Gasteiger partial charge in [0.05, 0.1) is 21.8 Å².